The summed E-state index contributed by atoms with van der Waals surface area (Å²) in [5, 5.41) is 4.03. The Bertz CT molecular complexity index is 1070. The topological polar surface area (TPSA) is 103 Å². The molecular formula is C19H19FN2O6S. The van der Waals surface area contributed by atoms with Gasteiger partial charge in [-0.2, -0.15) is 5.10 Å². The Morgan fingerprint density at radius 3 is 2.31 bits per heavy atom. The third-order valence-corrected chi connectivity index (χ3v) is 6.18. The van der Waals surface area contributed by atoms with Gasteiger partial charge in [-0.05, 0) is 30.3 Å². The monoisotopic (exact) mass is 422 g/mol. The first kappa shape index (κ1) is 20.6. The summed E-state index contributed by atoms with van der Waals surface area (Å²) in [5.74, 6) is -0.432. The minimum atomic E-state index is -3.52. The van der Waals surface area contributed by atoms with E-state index in [1.807, 2.05) is 0 Å². The SMILES string of the molecule is COc1cc(C(=O)N/N=C2/CCS(=O)(=O)c3ccc(F)cc32)cc(OC)c1OC. The van der Waals surface area contributed by atoms with Crippen LogP contribution in [-0.2, 0) is 9.84 Å². The fraction of sp³-hybridized carbons (Fsp3) is 0.263. The standard InChI is InChI=1S/C19H19FN2O6S/c1-26-15-8-11(9-16(27-2)18(15)28-3)19(23)22-21-14-6-7-29(24,25)17-5-4-12(20)10-13(14)17/h4-5,8-10H,6-7H2,1-3H3,(H,22,23)/b21-14-. The Kier molecular flexibility index (Phi) is 5.73. The van der Waals surface area contributed by atoms with Crippen molar-refractivity contribution in [1.29, 1.82) is 0 Å². The van der Waals surface area contributed by atoms with Gasteiger partial charge in [0.2, 0.25) is 5.75 Å². The van der Waals surface area contributed by atoms with E-state index in [-0.39, 0.29) is 33.9 Å². The van der Waals surface area contributed by atoms with Crippen molar-refractivity contribution in [3.8, 4) is 17.2 Å². The fourth-order valence-corrected chi connectivity index (χ4v) is 4.45. The fourth-order valence-electron chi connectivity index (χ4n) is 2.99. The lowest BCUT2D eigenvalue weighted by Gasteiger charge is -2.18. The van der Waals surface area contributed by atoms with Gasteiger partial charge < -0.3 is 14.2 Å². The number of rotatable bonds is 5. The van der Waals surface area contributed by atoms with E-state index in [0.29, 0.717) is 17.2 Å². The van der Waals surface area contributed by atoms with Crippen LogP contribution >= 0.6 is 0 Å². The molecule has 3 rings (SSSR count). The van der Waals surface area contributed by atoms with Crippen LogP contribution in [-0.4, -0.2) is 47.1 Å². The van der Waals surface area contributed by atoms with Crippen molar-refractivity contribution in [2.45, 2.75) is 11.3 Å². The zero-order valence-corrected chi connectivity index (χ0v) is 16.8. The molecule has 0 aliphatic carbocycles. The summed E-state index contributed by atoms with van der Waals surface area (Å²) in [5.41, 5.74) is 2.98. The number of halogens is 1. The molecule has 0 radical (unpaired) electrons. The van der Waals surface area contributed by atoms with Crippen molar-refractivity contribution in [2.75, 3.05) is 27.1 Å². The smallest absolute Gasteiger partial charge is 0.271 e. The number of benzene rings is 2. The van der Waals surface area contributed by atoms with Crippen molar-refractivity contribution in [2.24, 2.45) is 5.10 Å². The van der Waals surface area contributed by atoms with Gasteiger partial charge >= 0.3 is 0 Å². The summed E-state index contributed by atoms with van der Waals surface area (Å²) in [7, 11) is 0.776. The first-order chi connectivity index (χ1) is 13.8. The third kappa shape index (κ3) is 4.02. The summed E-state index contributed by atoms with van der Waals surface area (Å²) < 4.78 is 53.7. The molecular weight excluding hydrogens is 403 g/mol. The number of sulfone groups is 1. The zero-order valence-electron chi connectivity index (χ0n) is 16.0. The highest BCUT2D eigenvalue weighted by atomic mass is 32.2. The summed E-state index contributed by atoms with van der Waals surface area (Å²) in [6.45, 7) is 0. The molecule has 1 amide bonds. The summed E-state index contributed by atoms with van der Waals surface area (Å²) in [6, 6.07) is 6.28. The minimum absolute atomic E-state index is 0.00839. The minimum Gasteiger partial charge on any atom is -0.493 e. The van der Waals surface area contributed by atoms with E-state index in [1.165, 1.54) is 39.5 Å². The molecule has 0 aromatic heterocycles. The summed E-state index contributed by atoms with van der Waals surface area (Å²) >= 11 is 0. The number of ether oxygens (including phenoxy) is 3. The zero-order chi connectivity index (χ0) is 21.2. The molecule has 1 aliphatic rings. The van der Waals surface area contributed by atoms with E-state index in [9.17, 15) is 17.6 Å². The molecule has 2 aromatic carbocycles. The van der Waals surface area contributed by atoms with Crippen LogP contribution in [0.3, 0.4) is 0 Å². The van der Waals surface area contributed by atoms with Crippen molar-refractivity contribution in [3.05, 3.63) is 47.3 Å². The van der Waals surface area contributed by atoms with Crippen LogP contribution in [0.5, 0.6) is 17.2 Å². The van der Waals surface area contributed by atoms with Crippen LogP contribution in [0, 0.1) is 5.82 Å². The number of carbonyl (C=O) groups is 1. The first-order valence-corrected chi connectivity index (χ1v) is 10.2. The average molecular weight is 422 g/mol. The Hall–Kier alpha value is -3.14. The quantitative estimate of drug-likeness (QED) is 0.585. The molecule has 1 heterocycles. The van der Waals surface area contributed by atoms with Gasteiger partial charge in [-0.15, -0.1) is 0 Å². The second-order valence-corrected chi connectivity index (χ2v) is 8.20. The Morgan fingerprint density at radius 1 is 1.07 bits per heavy atom. The number of fused-ring (bicyclic) bond motifs is 1. The maximum absolute atomic E-state index is 13.6. The lowest BCUT2D eigenvalue weighted by Crippen LogP contribution is -2.26. The lowest BCUT2D eigenvalue weighted by atomic mass is 10.1. The molecule has 10 heteroatoms. The molecule has 0 atom stereocenters. The van der Waals surface area contributed by atoms with Gasteiger partial charge in [0, 0.05) is 17.5 Å². The molecule has 0 bridgehead atoms. The second-order valence-electron chi connectivity index (χ2n) is 6.12. The number of nitrogens with zero attached hydrogens (tertiary/aromatic N) is 1. The molecule has 0 fully saturated rings. The molecule has 0 spiro atoms. The molecule has 0 saturated heterocycles. The van der Waals surface area contributed by atoms with Crippen LogP contribution in [0.1, 0.15) is 22.3 Å². The second kappa shape index (κ2) is 8.08. The van der Waals surface area contributed by atoms with Gasteiger partial charge in [0.15, 0.2) is 21.3 Å². The van der Waals surface area contributed by atoms with E-state index < -0.39 is 21.6 Å². The largest absolute Gasteiger partial charge is 0.493 e. The number of nitrogens with one attached hydrogen (secondary N) is 1. The van der Waals surface area contributed by atoms with Crippen molar-refractivity contribution in [1.82, 2.24) is 5.43 Å². The molecule has 0 unspecified atom stereocenters. The van der Waals surface area contributed by atoms with Crippen LogP contribution in [0.2, 0.25) is 0 Å². The highest BCUT2D eigenvalue weighted by Crippen LogP contribution is 2.38. The highest BCUT2D eigenvalue weighted by molar-refractivity contribution is 7.91. The number of hydrazone groups is 1. The van der Waals surface area contributed by atoms with Crippen molar-refractivity contribution in [3.63, 3.8) is 0 Å². The molecule has 2 aromatic rings. The average Bonchev–Trinajstić information content (AvgIpc) is 2.71. The lowest BCUT2D eigenvalue weighted by molar-refractivity contribution is 0.0954. The number of methoxy groups -OCH3 is 3. The van der Waals surface area contributed by atoms with E-state index in [2.05, 4.69) is 10.5 Å². The molecule has 154 valence electrons. The van der Waals surface area contributed by atoms with E-state index in [0.717, 1.165) is 12.1 Å². The Labute approximate surface area is 167 Å². The van der Waals surface area contributed by atoms with Gasteiger partial charge in [-0.3, -0.25) is 4.79 Å². The Morgan fingerprint density at radius 2 is 1.72 bits per heavy atom. The highest BCUT2D eigenvalue weighted by Gasteiger charge is 2.28. The van der Waals surface area contributed by atoms with Gasteiger partial charge in [0.05, 0.1) is 37.7 Å². The Balaban J connectivity index is 1.93. The van der Waals surface area contributed by atoms with Crippen LogP contribution in [0.4, 0.5) is 4.39 Å². The molecule has 1 aliphatic heterocycles. The molecule has 29 heavy (non-hydrogen) atoms. The summed E-state index contributed by atoms with van der Waals surface area (Å²) in [6.07, 6.45) is 0.0499. The summed E-state index contributed by atoms with van der Waals surface area (Å²) in [4.78, 5) is 12.6. The maximum atomic E-state index is 13.6. The number of hydrogen-bond acceptors (Lipinski definition) is 7. The number of amides is 1. The predicted molar refractivity (Wildman–Crippen MR) is 103 cm³/mol. The molecule has 8 nitrogen and oxygen atoms in total. The number of carbonyl (C=O) groups excluding carboxylic acids is 1. The van der Waals surface area contributed by atoms with E-state index in [1.54, 1.807) is 0 Å². The van der Waals surface area contributed by atoms with E-state index in [4.69, 9.17) is 14.2 Å². The van der Waals surface area contributed by atoms with Crippen LogP contribution in [0.15, 0.2) is 40.3 Å². The number of hydrogen-bond donors (Lipinski definition) is 1. The van der Waals surface area contributed by atoms with Crippen LogP contribution < -0.4 is 19.6 Å². The van der Waals surface area contributed by atoms with Gasteiger partial charge in [0.1, 0.15) is 5.82 Å². The third-order valence-electron chi connectivity index (χ3n) is 4.41. The molecule has 0 saturated carbocycles. The molecule has 1 N–H and O–H groups in total. The van der Waals surface area contributed by atoms with Gasteiger partial charge in [0.25, 0.3) is 5.91 Å². The predicted octanol–water partition coefficient (Wildman–Crippen LogP) is 2.16. The van der Waals surface area contributed by atoms with Crippen molar-refractivity contribution < 1.29 is 31.8 Å². The first-order valence-electron chi connectivity index (χ1n) is 8.50. The maximum Gasteiger partial charge on any atom is 0.271 e. The van der Waals surface area contributed by atoms with Gasteiger partial charge in [-0.1, -0.05) is 0 Å². The van der Waals surface area contributed by atoms with E-state index >= 15 is 0 Å². The van der Waals surface area contributed by atoms with Crippen LogP contribution in [0.25, 0.3) is 0 Å². The van der Waals surface area contributed by atoms with Gasteiger partial charge in [-0.25, -0.2) is 18.2 Å². The normalized spacial score (nSPS) is 16.1. The van der Waals surface area contributed by atoms with Crippen molar-refractivity contribution >= 4 is 21.5 Å².